The van der Waals surface area contributed by atoms with Crippen molar-refractivity contribution < 1.29 is 22.7 Å². The van der Waals surface area contributed by atoms with E-state index in [1.807, 2.05) is 0 Å². The first-order chi connectivity index (χ1) is 16.2. The van der Waals surface area contributed by atoms with E-state index >= 15 is 0 Å². The van der Waals surface area contributed by atoms with Crippen LogP contribution in [0.5, 0.6) is 5.75 Å². The Morgan fingerprint density at radius 3 is 2.12 bits per heavy atom. The Morgan fingerprint density at radius 1 is 0.912 bits per heavy atom. The number of ether oxygens (including phenoxy) is 1. The molecule has 0 fully saturated rings. The fraction of sp³-hybridized carbons (Fsp3) is 0.200. The average Bonchev–Trinajstić information content (AvgIpc) is 2.82. The highest BCUT2D eigenvalue weighted by molar-refractivity contribution is 7.89. The number of rotatable bonds is 9. The summed E-state index contributed by atoms with van der Waals surface area (Å²) in [6, 6.07) is 21.0. The maximum Gasteiger partial charge on any atom is 0.243 e. The van der Waals surface area contributed by atoms with Crippen LogP contribution < -0.4 is 15.4 Å². The summed E-state index contributed by atoms with van der Waals surface area (Å²) in [6.07, 6.45) is -0.126. The third kappa shape index (κ3) is 6.21. The molecule has 178 valence electrons. The zero-order valence-corrected chi connectivity index (χ0v) is 20.0. The van der Waals surface area contributed by atoms with Crippen molar-refractivity contribution in [2.45, 2.75) is 24.3 Å². The van der Waals surface area contributed by atoms with E-state index in [-0.39, 0.29) is 23.1 Å². The lowest BCUT2D eigenvalue weighted by Gasteiger charge is -2.28. The van der Waals surface area contributed by atoms with Gasteiger partial charge in [0, 0.05) is 31.8 Å². The van der Waals surface area contributed by atoms with Crippen LogP contribution >= 0.6 is 0 Å². The van der Waals surface area contributed by atoms with E-state index in [0.717, 1.165) is 0 Å². The number of methoxy groups -OCH3 is 1. The molecule has 0 heterocycles. The molecule has 34 heavy (non-hydrogen) atoms. The van der Waals surface area contributed by atoms with Crippen molar-refractivity contribution in [3.8, 4) is 5.75 Å². The summed E-state index contributed by atoms with van der Waals surface area (Å²) in [5, 5.41) is 5.45. The molecule has 0 saturated heterocycles. The molecular weight excluding hydrogens is 454 g/mol. The molecule has 2 amide bonds. The molecule has 3 rings (SSSR count). The Morgan fingerprint density at radius 2 is 1.53 bits per heavy atom. The fourth-order valence-electron chi connectivity index (χ4n) is 3.47. The minimum Gasteiger partial charge on any atom is -0.497 e. The first-order valence-corrected chi connectivity index (χ1v) is 12.0. The number of hydrogen-bond donors (Lipinski definition) is 2. The smallest absolute Gasteiger partial charge is 0.243 e. The van der Waals surface area contributed by atoms with Gasteiger partial charge in [-0.15, -0.1) is 0 Å². The number of carbonyl (C=O) groups excluding carboxylic acids is 2. The SMILES string of the molecule is COc1ccc([C@@H](CC(=O)Nc2cccc(NC(C)=O)c2)N(C)S(=O)(=O)c2ccccc2)cc1. The second kappa shape index (κ2) is 11.0. The van der Waals surface area contributed by atoms with Gasteiger partial charge >= 0.3 is 0 Å². The molecule has 8 nitrogen and oxygen atoms in total. The number of carbonyl (C=O) groups is 2. The standard InChI is InChI=1S/C25H27N3O5S/c1-18(29)26-20-8-7-9-21(16-20)27-25(30)17-24(19-12-14-22(33-3)15-13-19)28(2)34(31,32)23-10-5-4-6-11-23/h4-16,24H,17H2,1-3H3,(H,26,29)(H,27,30)/t24-/m1/s1. The lowest BCUT2D eigenvalue weighted by Crippen LogP contribution is -2.33. The normalized spacial score (nSPS) is 12.1. The van der Waals surface area contributed by atoms with Crippen molar-refractivity contribution in [3.63, 3.8) is 0 Å². The molecule has 0 aromatic heterocycles. The van der Waals surface area contributed by atoms with E-state index < -0.39 is 16.1 Å². The molecule has 0 unspecified atom stereocenters. The van der Waals surface area contributed by atoms with E-state index in [9.17, 15) is 18.0 Å². The zero-order chi connectivity index (χ0) is 24.7. The van der Waals surface area contributed by atoms with Crippen molar-refractivity contribution in [3.05, 3.63) is 84.4 Å². The number of nitrogens with one attached hydrogen (secondary N) is 2. The van der Waals surface area contributed by atoms with E-state index in [1.165, 1.54) is 30.4 Å². The summed E-state index contributed by atoms with van der Waals surface area (Å²) < 4.78 is 33.0. The summed E-state index contributed by atoms with van der Waals surface area (Å²) >= 11 is 0. The number of hydrogen-bond acceptors (Lipinski definition) is 5. The van der Waals surface area contributed by atoms with E-state index in [4.69, 9.17) is 4.74 Å². The minimum atomic E-state index is -3.87. The predicted molar refractivity (Wildman–Crippen MR) is 131 cm³/mol. The largest absolute Gasteiger partial charge is 0.497 e. The molecule has 2 N–H and O–H groups in total. The molecule has 0 aliphatic rings. The summed E-state index contributed by atoms with van der Waals surface area (Å²) in [5.74, 6) is 0.0157. The van der Waals surface area contributed by atoms with Gasteiger partial charge in [0.05, 0.1) is 18.0 Å². The average molecular weight is 482 g/mol. The van der Waals surface area contributed by atoms with Gasteiger partial charge in [-0.25, -0.2) is 8.42 Å². The van der Waals surface area contributed by atoms with Crippen molar-refractivity contribution in [2.75, 3.05) is 24.8 Å². The highest BCUT2D eigenvalue weighted by Gasteiger charge is 2.31. The van der Waals surface area contributed by atoms with Crippen LogP contribution in [0.3, 0.4) is 0 Å². The minimum absolute atomic E-state index is 0.126. The number of anilines is 2. The van der Waals surface area contributed by atoms with Gasteiger partial charge in [0.25, 0.3) is 0 Å². The molecule has 0 spiro atoms. The molecule has 0 saturated carbocycles. The number of sulfonamides is 1. The van der Waals surface area contributed by atoms with Crippen molar-refractivity contribution >= 4 is 33.2 Å². The number of benzene rings is 3. The molecule has 9 heteroatoms. The van der Waals surface area contributed by atoms with Gasteiger partial charge in [-0.05, 0) is 48.0 Å². The Labute approximate surface area is 199 Å². The summed E-state index contributed by atoms with van der Waals surface area (Å²) in [6.45, 7) is 1.40. The summed E-state index contributed by atoms with van der Waals surface area (Å²) in [7, 11) is -0.863. The molecule has 0 radical (unpaired) electrons. The van der Waals surface area contributed by atoms with Crippen LogP contribution in [0.2, 0.25) is 0 Å². The van der Waals surface area contributed by atoms with Gasteiger partial charge in [-0.1, -0.05) is 36.4 Å². The predicted octanol–water partition coefficient (Wildman–Crippen LogP) is 4.04. The summed E-state index contributed by atoms with van der Waals surface area (Å²) in [4.78, 5) is 24.4. The van der Waals surface area contributed by atoms with Crippen LogP contribution in [0.4, 0.5) is 11.4 Å². The molecule has 0 bridgehead atoms. The van der Waals surface area contributed by atoms with E-state index in [2.05, 4.69) is 10.6 Å². The van der Waals surface area contributed by atoms with Gasteiger partial charge < -0.3 is 15.4 Å². The van der Waals surface area contributed by atoms with Gasteiger partial charge in [-0.3, -0.25) is 9.59 Å². The Bertz CT molecular complexity index is 1250. The monoisotopic (exact) mass is 481 g/mol. The van der Waals surface area contributed by atoms with Gasteiger partial charge in [0.1, 0.15) is 5.75 Å². The van der Waals surface area contributed by atoms with Crippen molar-refractivity contribution in [1.82, 2.24) is 4.31 Å². The van der Waals surface area contributed by atoms with Crippen LogP contribution in [0.15, 0.2) is 83.8 Å². The Hall–Kier alpha value is -3.69. The van der Waals surface area contributed by atoms with Crippen LogP contribution in [0.1, 0.15) is 24.9 Å². The van der Waals surface area contributed by atoms with Crippen molar-refractivity contribution in [2.24, 2.45) is 0 Å². The lowest BCUT2D eigenvalue weighted by atomic mass is 10.0. The van der Waals surface area contributed by atoms with Crippen LogP contribution in [0, 0.1) is 0 Å². The maximum atomic E-state index is 13.3. The van der Waals surface area contributed by atoms with E-state index in [1.54, 1.807) is 73.8 Å². The second-order valence-electron chi connectivity index (χ2n) is 7.64. The molecular formula is C25H27N3O5S. The van der Waals surface area contributed by atoms with Gasteiger partial charge in [0.2, 0.25) is 21.8 Å². The summed E-state index contributed by atoms with van der Waals surface area (Å²) in [5.41, 5.74) is 1.67. The Balaban J connectivity index is 1.88. The molecule has 0 aliphatic heterocycles. The van der Waals surface area contributed by atoms with Crippen molar-refractivity contribution in [1.29, 1.82) is 0 Å². The lowest BCUT2D eigenvalue weighted by molar-refractivity contribution is -0.117. The first-order valence-electron chi connectivity index (χ1n) is 10.5. The van der Waals surface area contributed by atoms with Crippen LogP contribution in [-0.2, 0) is 19.6 Å². The molecule has 1 atom stereocenters. The number of nitrogens with zero attached hydrogens (tertiary/aromatic N) is 1. The topological polar surface area (TPSA) is 105 Å². The van der Waals surface area contributed by atoms with Crippen LogP contribution in [-0.4, -0.2) is 38.7 Å². The Kier molecular flexibility index (Phi) is 8.04. The van der Waals surface area contributed by atoms with Gasteiger partial charge in [0.15, 0.2) is 0 Å². The van der Waals surface area contributed by atoms with E-state index in [0.29, 0.717) is 22.7 Å². The zero-order valence-electron chi connectivity index (χ0n) is 19.2. The molecule has 3 aromatic rings. The molecule has 3 aromatic carbocycles. The third-order valence-corrected chi connectivity index (χ3v) is 7.09. The first kappa shape index (κ1) is 24.9. The quantitative estimate of drug-likeness (QED) is 0.480. The maximum absolute atomic E-state index is 13.3. The van der Waals surface area contributed by atoms with Crippen LogP contribution in [0.25, 0.3) is 0 Å². The third-order valence-electron chi connectivity index (χ3n) is 5.21. The fourth-order valence-corrected chi connectivity index (χ4v) is 4.84. The van der Waals surface area contributed by atoms with Gasteiger partial charge in [-0.2, -0.15) is 4.31 Å². The second-order valence-corrected chi connectivity index (χ2v) is 9.64. The molecule has 0 aliphatic carbocycles. The number of amides is 2. The highest BCUT2D eigenvalue weighted by Crippen LogP contribution is 2.30. The highest BCUT2D eigenvalue weighted by atomic mass is 32.2.